The summed E-state index contributed by atoms with van der Waals surface area (Å²) in [4.78, 5) is 9.51. The Morgan fingerprint density at radius 2 is 1.97 bits per heavy atom. The summed E-state index contributed by atoms with van der Waals surface area (Å²) >= 11 is 0. The molecule has 0 bridgehead atoms. The van der Waals surface area contributed by atoms with Gasteiger partial charge < -0.3 is 20.3 Å². The highest BCUT2D eigenvalue weighted by Crippen LogP contribution is 2.18. The van der Waals surface area contributed by atoms with Crippen LogP contribution in [-0.4, -0.2) is 74.7 Å². The summed E-state index contributed by atoms with van der Waals surface area (Å²) in [6, 6.07) is 9.32. The molecule has 2 atom stereocenters. The number of aliphatic imine (C=N–C) groups is 1. The zero-order valence-electron chi connectivity index (χ0n) is 19.2. The maximum absolute atomic E-state index is 5.81. The zero-order chi connectivity index (χ0) is 21.2. The van der Waals surface area contributed by atoms with Crippen LogP contribution in [0.4, 0.5) is 0 Å². The zero-order valence-corrected chi connectivity index (χ0v) is 19.2. The van der Waals surface area contributed by atoms with E-state index in [0.29, 0.717) is 24.5 Å². The van der Waals surface area contributed by atoms with Gasteiger partial charge in [0.1, 0.15) is 5.75 Å². The molecular formula is C23H41N5O. The molecule has 2 N–H and O–H groups in total. The SMILES string of the molecule is CCNC(=NCc1ccc(OCCCN(C)C)cc1)NC1CN(C(C)C)CC1C. The minimum atomic E-state index is 0.438. The molecule has 0 radical (unpaired) electrons. The van der Waals surface area contributed by atoms with Gasteiger partial charge in [0, 0.05) is 38.3 Å². The van der Waals surface area contributed by atoms with Crippen molar-refractivity contribution in [2.24, 2.45) is 10.9 Å². The van der Waals surface area contributed by atoms with E-state index in [-0.39, 0.29) is 0 Å². The van der Waals surface area contributed by atoms with Crippen molar-refractivity contribution < 1.29 is 4.74 Å². The molecule has 0 aromatic heterocycles. The number of guanidine groups is 1. The summed E-state index contributed by atoms with van der Waals surface area (Å²) in [5, 5.41) is 7.04. The Morgan fingerprint density at radius 1 is 1.24 bits per heavy atom. The monoisotopic (exact) mass is 403 g/mol. The smallest absolute Gasteiger partial charge is 0.191 e. The standard InChI is InChI=1S/C23H41N5O/c1-7-24-23(26-22-17-28(18(2)3)16-19(22)4)25-15-20-9-11-21(12-10-20)29-14-8-13-27(5)6/h9-12,18-19,22H,7-8,13-17H2,1-6H3,(H2,24,25,26). The predicted molar refractivity (Wildman–Crippen MR) is 123 cm³/mol. The first-order chi connectivity index (χ1) is 13.9. The van der Waals surface area contributed by atoms with Gasteiger partial charge >= 0.3 is 0 Å². The number of hydrogen-bond donors (Lipinski definition) is 2. The van der Waals surface area contributed by atoms with E-state index in [4.69, 9.17) is 9.73 Å². The fourth-order valence-electron chi connectivity index (χ4n) is 3.54. The number of hydrogen-bond acceptors (Lipinski definition) is 4. The van der Waals surface area contributed by atoms with Gasteiger partial charge in [-0.3, -0.25) is 4.90 Å². The van der Waals surface area contributed by atoms with Crippen molar-refractivity contribution in [3.05, 3.63) is 29.8 Å². The van der Waals surface area contributed by atoms with Crippen LogP contribution in [0.15, 0.2) is 29.3 Å². The fraction of sp³-hybridized carbons (Fsp3) is 0.696. The third-order valence-corrected chi connectivity index (χ3v) is 5.40. The highest BCUT2D eigenvalue weighted by atomic mass is 16.5. The van der Waals surface area contributed by atoms with Crippen molar-refractivity contribution in [1.82, 2.24) is 20.4 Å². The van der Waals surface area contributed by atoms with Gasteiger partial charge in [-0.1, -0.05) is 19.1 Å². The third-order valence-electron chi connectivity index (χ3n) is 5.40. The van der Waals surface area contributed by atoms with Crippen LogP contribution in [0.25, 0.3) is 0 Å². The molecule has 0 spiro atoms. The quantitative estimate of drug-likeness (QED) is 0.357. The molecular weight excluding hydrogens is 362 g/mol. The van der Waals surface area contributed by atoms with E-state index in [0.717, 1.165) is 50.9 Å². The van der Waals surface area contributed by atoms with Gasteiger partial charge in [-0.25, -0.2) is 4.99 Å². The van der Waals surface area contributed by atoms with E-state index in [1.165, 1.54) is 5.56 Å². The van der Waals surface area contributed by atoms with Gasteiger partial charge in [-0.05, 0) is 64.9 Å². The van der Waals surface area contributed by atoms with Gasteiger partial charge in [0.25, 0.3) is 0 Å². The van der Waals surface area contributed by atoms with Crippen LogP contribution in [0.2, 0.25) is 0 Å². The van der Waals surface area contributed by atoms with Crippen LogP contribution in [0.1, 0.15) is 39.7 Å². The van der Waals surface area contributed by atoms with E-state index in [1.54, 1.807) is 0 Å². The first-order valence-corrected chi connectivity index (χ1v) is 11.0. The minimum Gasteiger partial charge on any atom is -0.494 e. The molecule has 2 rings (SSSR count). The Morgan fingerprint density at radius 3 is 2.55 bits per heavy atom. The Balaban J connectivity index is 1.86. The maximum Gasteiger partial charge on any atom is 0.191 e. The third kappa shape index (κ3) is 8.23. The molecule has 1 aliphatic rings. The van der Waals surface area contributed by atoms with Crippen LogP contribution in [0.5, 0.6) is 5.75 Å². The van der Waals surface area contributed by atoms with Crippen LogP contribution in [0, 0.1) is 5.92 Å². The lowest BCUT2D eigenvalue weighted by Gasteiger charge is -2.22. The number of rotatable bonds is 10. The summed E-state index contributed by atoms with van der Waals surface area (Å²) in [6.45, 7) is 14.5. The predicted octanol–water partition coefficient (Wildman–Crippen LogP) is 2.80. The lowest BCUT2D eigenvalue weighted by atomic mass is 10.1. The minimum absolute atomic E-state index is 0.438. The second-order valence-electron chi connectivity index (χ2n) is 8.62. The molecule has 1 aromatic carbocycles. The van der Waals surface area contributed by atoms with E-state index in [2.05, 4.69) is 74.4 Å². The fourth-order valence-corrected chi connectivity index (χ4v) is 3.54. The van der Waals surface area contributed by atoms with Crippen molar-refractivity contribution in [1.29, 1.82) is 0 Å². The lowest BCUT2D eigenvalue weighted by Crippen LogP contribution is -2.46. The van der Waals surface area contributed by atoms with Gasteiger partial charge in [0.2, 0.25) is 0 Å². The second kappa shape index (κ2) is 12.0. The average molecular weight is 404 g/mol. The molecule has 0 amide bonds. The number of ether oxygens (including phenoxy) is 1. The average Bonchev–Trinajstić information content (AvgIpc) is 3.05. The molecule has 1 aliphatic heterocycles. The lowest BCUT2D eigenvalue weighted by molar-refractivity contribution is 0.265. The molecule has 1 heterocycles. The first-order valence-electron chi connectivity index (χ1n) is 11.0. The highest BCUT2D eigenvalue weighted by molar-refractivity contribution is 5.80. The molecule has 2 unspecified atom stereocenters. The second-order valence-corrected chi connectivity index (χ2v) is 8.62. The number of nitrogens with zero attached hydrogens (tertiary/aromatic N) is 3. The molecule has 164 valence electrons. The summed E-state index contributed by atoms with van der Waals surface area (Å²) in [5.41, 5.74) is 1.19. The Labute approximate surface area is 177 Å². The van der Waals surface area contributed by atoms with Crippen LogP contribution < -0.4 is 15.4 Å². The number of benzene rings is 1. The molecule has 29 heavy (non-hydrogen) atoms. The first kappa shape index (κ1) is 23.5. The molecule has 1 fully saturated rings. The van der Waals surface area contributed by atoms with E-state index in [1.807, 2.05) is 12.1 Å². The Bertz CT molecular complexity index is 614. The van der Waals surface area contributed by atoms with Crippen molar-refractivity contribution in [3.8, 4) is 5.75 Å². The van der Waals surface area contributed by atoms with Crippen molar-refractivity contribution in [2.75, 3.05) is 46.9 Å². The number of nitrogens with one attached hydrogen (secondary N) is 2. The largest absolute Gasteiger partial charge is 0.494 e. The topological polar surface area (TPSA) is 52.1 Å². The Kier molecular flexibility index (Phi) is 9.74. The molecule has 1 saturated heterocycles. The summed E-state index contributed by atoms with van der Waals surface area (Å²) in [6.07, 6.45) is 1.03. The van der Waals surface area contributed by atoms with Gasteiger partial charge in [0.15, 0.2) is 5.96 Å². The van der Waals surface area contributed by atoms with Crippen molar-refractivity contribution in [2.45, 2.75) is 52.7 Å². The molecule has 0 aliphatic carbocycles. The highest BCUT2D eigenvalue weighted by Gasteiger charge is 2.31. The molecule has 1 aromatic rings. The number of likely N-dealkylation sites (tertiary alicyclic amines) is 1. The van der Waals surface area contributed by atoms with E-state index < -0.39 is 0 Å². The van der Waals surface area contributed by atoms with Gasteiger partial charge in [-0.2, -0.15) is 0 Å². The summed E-state index contributed by atoms with van der Waals surface area (Å²) < 4.78 is 5.81. The normalized spacial score (nSPS) is 20.5. The van der Waals surface area contributed by atoms with Crippen LogP contribution in [0.3, 0.4) is 0 Å². The van der Waals surface area contributed by atoms with Crippen LogP contribution in [-0.2, 0) is 6.54 Å². The van der Waals surface area contributed by atoms with E-state index in [9.17, 15) is 0 Å². The van der Waals surface area contributed by atoms with Gasteiger partial charge in [0.05, 0.1) is 13.2 Å². The van der Waals surface area contributed by atoms with Crippen molar-refractivity contribution >= 4 is 5.96 Å². The van der Waals surface area contributed by atoms with Crippen molar-refractivity contribution in [3.63, 3.8) is 0 Å². The summed E-state index contributed by atoms with van der Waals surface area (Å²) in [5.74, 6) is 2.44. The van der Waals surface area contributed by atoms with Gasteiger partial charge in [-0.15, -0.1) is 0 Å². The molecule has 6 heteroatoms. The van der Waals surface area contributed by atoms with Crippen LogP contribution >= 0.6 is 0 Å². The summed E-state index contributed by atoms with van der Waals surface area (Å²) in [7, 11) is 4.17. The van der Waals surface area contributed by atoms with E-state index >= 15 is 0 Å². The molecule has 0 saturated carbocycles. The molecule has 6 nitrogen and oxygen atoms in total. The Hall–Kier alpha value is -1.79. The maximum atomic E-state index is 5.81.